The standard InChI is InChI=1S/C18H20ClNOS/c1-12-2-7-15-16(11-22-17(15)10-12)18(21)20-9-8-13-3-5-14(19)6-4-13/h3-6,11-12H,2,7-10H2,1H3,(H,20,21)/t12-/m1/s1. The van der Waals surface area contributed by atoms with E-state index in [1.807, 2.05) is 29.6 Å². The second-order valence-corrected chi connectivity index (χ2v) is 7.43. The van der Waals surface area contributed by atoms with Crippen molar-refractivity contribution in [2.24, 2.45) is 5.92 Å². The van der Waals surface area contributed by atoms with Gasteiger partial charge in [-0.15, -0.1) is 11.3 Å². The molecule has 0 fully saturated rings. The lowest BCUT2D eigenvalue weighted by molar-refractivity contribution is 0.0953. The summed E-state index contributed by atoms with van der Waals surface area (Å²) in [6, 6.07) is 7.77. The van der Waals surface area contributed by atoms with Crippen LogP contribution in [0.1, 0.15) is 39.7 Å². The van der Waals surface area contributed by atoms with Gasteiger partial charge in [0.2, 0.25) is 0 Å². The summed E-state index contributed by atoms with van der Waals surface area (Å²) >= 11 is 7.61. The van der Waals surface area contributed by atoms with E-state index in [4.69, 9.17) is 11.6 Å². The molecule has 0 saturated carbocycles. The number of rotatable bonds is 4. The van der Waals surface area contributed by atoms with Gasteiger partial charge in [-0.3, -0.25) is 4.79 Å². The van der Waals surface area contributed by atoms with Crippen LogP contribution in [-0.2, 0) is 19.3 Å². The Labute approximate surface area is 140 Å². The Morgan fingerprint density at radius 3 is 2.91 bits per heavy atom. The zero-order valence-electron chi connectivity index (χ0n) is 12.7. The minimum Gasteiger partial charge on any atom is -0.352 e. The van der Waals surface area contributed by atoms with Crippen LogP contribution in [0, 0.1) is 5.92 Å². The highest BCUT2D eigenvalue weighted by Gasteiger charge is 2.22. The lowest BCUT2D eigenvalue weighted by atomic mass is 9.88. The third kappa shape index (κ3) is 3.53. The number of carbonyl (C=O) groups excluding carboxylic acids is 1. The average Bonchev–Trinajstić information content (AvgIpc) is 2.92. The molecule has 2 nitrogen and oxygen atoms in total. The first-order valence-electron chi connectivity index (χ1n) is 7.75. The molecule has 0 unspecified atom stereocenters. The van der Waals surface area contributed by atoms with E-state index in [0.29, 0.717) is 6.54 Å². The maximum atomic E-state index is 12.4. The minimum atomic E-state index is 0.0704. The molecule has 0 saturated heterocycles. The summed E-state index contributed by atoms with van der Waals surface area (Å²) in [5.41, 5.74) is 3.36. The van der Waals surface area contributed by atoms with Gasteiger partial charge in [-0.1, -0.05) is 30.7 Å². The maximum absolute atomic E-state index is 12.4. The predicted octanol–water partition coefficient (Wildman–Crippen LogP) is 4.50. The molecule has 3 rings (SSSR count). The smallest absolute Gasteiger partial charge is 0.252 e. The first-order chi connectivity index (χ1) is 10.6. The van der Waals surface area contributed by atoms with Crippen molar-refractivity contribution >= 4 is 28.8 Å². The maximum Gasteiger partial charge on any atom is 0.252 e. The van der Waals surface area contributed by atoms with Gasteiger partial charge in [-0.25, -0.2) is 0 Å². The van der Waals surface area contributed by atoms with Crippen molar-refractivity contribution in [2.75, 3.05) is 6.54 Å². The zero-order valence-corrected chi connectivity index (χ0v) is 14.3. The molecule has 22 heavy (non-hydrogen) atoms. The van der Waals surface area contributed by atoms with Gasteiger partial charge in [0.05, 0.1) is 5.56 Å². The van der Waals surface area contributed by atoms with E-state index in [-0.39, 0.29) is 5.91 Å². The molecule has 1 heterocycles. The van der Waals surface area contributed by atoms with Gasteiger partial charge < -0.3 is 5.32 Å². The van der Waals surface area contributed by atoms with Crippen LogP contribution in [0.15, 0.2) is 29.6 Å². The molecule has 0 spiro atoms. The van der Waals surface area contributed by atoms with Gasteiger partial charge in [0, 0.05) is 21.8 Å². The average molecular weight is 334 g/mol. The van der Waals surface area contributed by atoms with E-state index in [1.165, 1.54) is 22.4 Å². The van der Waals surface area contributed by atoms with Crippen LogP contribution >= 0.6 is 22.9 Å². The fraction of sp³-hybridized carbons (Fsp3) is 0.389. The molecule has 1 aliphatic rings. The summed E-state index contributed by atoms with van der Waals surface area (Å²) < 4.78 is 0. The Kier molecular flexibility index (Phi) is 4.84. The number of benzene rings is 1. The van der Waals surface area contributed by atoms with E-state index < -0.39 is 0 Å². The van der Waals surface area contributed by atoms with Crippen molar-refractivity contribution in [2.45, 2.75) is 32.6 Å². The number of amides is 1. The van der Waals surface area contributed by atoms with E-state index in [1.54, 1.807) is 11.3 Å². The topological polar surface area (TPSA) is 29.1 Å². The third-order valence-electron chi connectivity index (χ3n) is 4.26. The van der Waals surface area contributed by atoms with Gasteiger partial charge in [0.15, 0.2) is 0 Å². The Bertz CT molecular complexity index is 662. The number of hydrogen-bond acceptors (Lipinski definition) is 2. The van der Waals surface area contributed by atoms with Crippen molar-refractivity contribution in [1.82, 2.24) is 5.32 Å². The Morgan fingerprint density at radius 2 is 2.14 bits per heavy atom. The van der Waals surface area contributed by atoms with Crippen LogP contribution in [-0.4, -0.2) is 12.5 Å². The SMILES string of the molecule is C[C@@H]1CCc2c(C(=O)NCCc3ccc(Cl)cc3)csc2C1. The molecule has 0 bridgehead atoms. The molecular weight excluding hydrogens is 314 g/mol. The summed E-state index contributed by atoms with van der Waals surface area (Å²) in [6.45, 7) is 2.94. The second-order valence-electron chi connectivity index (χ2n) is 6.03. The molecular formula is C18H20ClNOS. The van der Waals surface area contributed by atoms with Crippen LogP contribution in [0.3, 0.4) is 0 Å². The van der Waals surface area contributed by atoms with Crippen molar-refractivity contribution < 1.29 is 4.79 Å². The summed E-state index contributed by atoms with van der Waals surface area (Å²) in [5.74, 6) is 0.813. The van der Waals surface area contributed by atoms with Crippen molar-refractivity contribution in [3.05, 3.63) is 56.2 Å². The lowest BCUT2D eigenvalue weighted by Crippen LogP contribution is -2.26. The molecule has 1 aromatic carbocycles. The number of hydrogen-bond donors (Lipinski definition) is 1. The van der Waals surface area contributed by atoms with E-state index in [9.17, 15) is 4.79 Å². The molecule has 1 N–H and O–H groups in total. The number of nitrogens with one attached hydrogen (secondary N) is 1. The fourth-order valence-electron chi connectivity index (χ4n) is 2.93. The van der Waals surface area contributed by atoms with Gasteiger partial charge in [0.25, 0.3) is 5.91 Å². The molecule has 1 aliphatic carbocycles. The van der Waals surface area contributed by atoms with E-state index in [0.717, 1.165) is 35.8 Å². The van der Waals surface area contributed by atoms with Gasteiger partial charge in [0.1, 0.15) is 0 Å². The minimum absolute atomic E-state index is 0.0704. The molecule has 1 atom stereocenters. The summed E-state index contributed by atoms with van der Waals surface area (Å²) in [4.78, 5) is 13.8. The quantitative estimate of drug-likeness (QED) is 0.877. The number of fused-ring (bicyclic) bond motifs is 1. The highest BCUT2D eigenvalue weighted by atomic mass is 35.5. The molecule has 1 amide bonds. The summed E-state index contributed by atoms with van der Waals surface area (Å²) in [7, 11) is 0. The lowest BCUT2D eigenvalue weighted by Gasteiger charge is -2.18. The van der Waals surface area contributed by atoms with Gasteiger partial charge in [-0.2, -0.15) is 0 Å². The summed E-state index contributed by atoms with van der Waals surface area (Å²) in [5, 5.41) is 5.81. The monoisotopic (exact) mass is 333 g/mol. The van der Waals surface area contributed by atoms with Gasteiger partial charge >= 0.3 is 0 Å². The highest BCUT2D eigenvalue weighted by Crippen LogP contribution is 2.32. The molecule has 0 radical (unpaired) electrons. The van der Waals surface area contributed by atoms with Crippen LogP contribution in [0.2, 0.25) is 5.02 Å². The van der Waals surface area contributed by atoms with Crippen molar-refractivity contribution in [1.29, 1.82) is 0 Å². The van der Waals surface area contributed by atoms with Crippen LogP contribution < -0.4 is 5.32 Å². The molecule has 0 aliphatic heterocycles. The van der Waals surface area contributed by atoms with Crippen molar-refractivity contribution in [3.8, 4) is 0 Å². The van der Waals surface area contributed by atoms with Crippen LogP contribution in [0.25, 0.3) is 0 Å². The van der Waals surface area contributed by atoms with E-state index in [2.05, 4.69) is 12.2 Å². The predicted molar refractivity (Wildman–Crippen MR) is 93.0 cm³/mol. The van der Waals surface area contributed by atoms with Crippen molar-refractivity contribution in [3.63, 3.8) is 0 Å². The molecule has 116 valence electrons. The fourth-order valence-corrected chi connectivity index (χ4v) is 4.30. The van der Waals surface area contributed by atoms with E-state index >= 15 is 0 Å². The van der Waals surface area contributed by atoms with Crippen LogP contribution in [0.5, 0.6) is 0 Å². The molecule has 2 aromatic rings. The van der Waals surface area contributed by atoms with Gasteiger partial charge in [-0.05, 0) is 54.9 Å². The Hall–Kier alpha value is -1.32. The molecule has 1 aromatic heterocycles. The second kappa shape index (κ2) is 6.84. The largest absolute Gasteiger partial charge is 0.352 e. The summed E-state index contributed by atoms with van der Waals surface area (Å²) in [6.07, 6.45) is 4.18. The molecule has 4 heteroatoms. The Morgan fingerprint density at radius 1 is 1.36 bits per heavy atom. The Balaban J connectivity index is 1.57. The number of carbonyl (C=O) groups is 1. The first kappa shape index (κ1) is 15.6. The van der Waals surface area contributed by atoms with Crippen LogP contribution in [0.4, 0.5) is 0 Å². The third-order valence-corrected chi connectivity index (χ3v) is 5.56. The zero-order chi connectivity index (χ0) is 15.5. The normalized spacial score (nSPS) is 17.1. The first-order valence-corrected chi connectivity index (χ1v) is 9.01. The number of halogens is 1. The highest BCUT2D eigenvalue weighted by molar-refractivity contribution is 7.10. The number of thiophene rings is 1.